The van der Waals surface area contributed by atoms with E-state index >= 15 is 0 Å². The van der Waals surface area contributed by atoms with Gasteiger partial charge in [-0.2, -0.15) is 0 Å². The van der Waals surface area contributed by atoms with E-state index in [1.165, 1.54) is 49.9 Å². The SMILES string of the molecule is Brc1cnc(NCc2ccccc2CN2CCCCCC2)nc1. The third-order valence-corrected chi connectivity index (χ3v) is 4.68. The lowest BCUT2D eigenvalue weighted by atomic mass is 10.1. The van der Waals surface area contributed by atoms with Crippen LogP contribution in [0.2, 0.25) is 0 Å². The minimum Gasteiger partial charge on any atom is -0.350 e. The summed E-state index contributed by atoms with van der Waals surface area (Å²) in [7, 11) is 0. The van der Waals surface area contributed by atoms with Gasteiger partial charge in [0.15, 0.2) is 0 Å². The highest BCUT2D eigenvalue weighted by Crippen LogP contribution is 2.17. The van der Waals surface area contributed by atoms with E-state index in [0.29, 0.717) is 5.95 Å². The van der Waals surface area contributed by atoms with Gasteiger partial charge in [-0.05, 0) is 53.0 Å². The van der Waals surface area contributed by atoms with E-state index in [4.69, 9.17) is 0 Å². The number of benzene rings is 1. The van der Waals surface area contributed by atoms with E-state index in [1.54, 1.807) is 12.4 Å². The van der Waals surface area contributed by atoms with Crippen LogP contribution in [0, 0.1) is 0 Å². The van der Waals surface area contributed by atoms with Crippen LogP contribution < -0.4 is 5.32 Å². The van der Waals surface area contributed by atoms with Crippen LogP contribution in [-0.2, 0) is 13.1 Å². The van der Waals surface area contributed by atoms with Gasteiger partial charge in [0.2, 0.25) is 5.95 Å². The van der Waals surface area contributed by atoms with Crippen molar-refractivity contribution in [2.75, 3.05) is 18.4 Å². The molecule has 1 N–H and O–H groups in total. The maximum absolute atomic E-state index is 4.27. The van der Waals surface area contributed by atoms with Crippen molar-refractivity contribution in [2.24, 2.45) is 0 Å². The molecule has 4 nitrogen and oxygen atoms in total. The minimum atomic E-state index is 0.665. The largest absolute Gasteiger partial charge is 0.350 e. The zero-order chi connectivity index (χ0) is 15.9. The van der Waals surface area contributed by atoms with Gasteiger partial charge >= 0.3 is 0 Å². The van der Waals surface area contributed by atoms with Gasteiger partial charge in [0.25, 0.3) is 0 Å². The van der Waals surface area contributed by atoms with Gasteiger partial charge in [-0.1, -0.05) is 37.1 Å². The van der Waals surface area contributed by atoms with Gasteiger partial charge < -0.3 is 5.32 Å². The number of halogens is 1. The topological polar surface area (TPSA) is 41.1 Å². The average molecular weight is 375 g/mol. The summed E-state index contributed by atoms with van der Waals surface area (Å²) in [4.78, 5) is 11.1. The molecule has 3 rings (SSSR count). The van der Waals surface area contributed by atoms with E-state index in [9.17, 15) is 0 Å². The zero-order valence-electron chi connectivity index (χ0n) is 13.3. The first-order valence-electron chi connectivity index (χ1n) is 8.32. The van der Waals surface area contributed by atoms with Crippen LogP contribution >= 0.6 is 15.9 Å². The molecule has 0 bridgehead atoms. The number of nitrogens with zero attached hydrogens (tertiary/aromatic N) is 3. The first-order valence-corrected chi connectivity index (χ1v) is 9.11. The Morgan fingerprint density at radius 2 is 1.61 bits per heavy atom. The average Bonchev–Trinajstić information content (AvgIpc) is 2.84. The molecular formula is C18H23BrN4. The molecule has 5 heteroatoms. The maximum atomic E-state index is 4.27. The Balaban J connectivity index is 1.63. The van der Waals surface area contributed by atoms with Crippen molar-refractivity contribution in [2.45, 2.75) is 38.8 Å². The maximum Gasteiger partial charge on any atom is 0.222 e. The smallest absolute Gasteiger partial charge is 0.222 e. The molecular weight excluding hydrogens is 352 g/mol. The summed E-state index contributed by atoms with van der Waals surface area (Å²) in [6.45, 7) is 4.24. The first-order chi connectivity index (χ1) is 11.3. The number of aromatic nitrogens is 2. The molecule has 2 aromatic rings. The van der Waals surface area contributed by atoms with Gasteiger partial charge in [-0.3, -0.25) is 4.90 Å². The van der Waals surface area contributed by atoms with Crippen molar-refractivity contribution in [3.63, 3.8) is 0 Å². The molecule has 0 saturated carbocycles. The van der Waals surface area contributed by atoms with Crippen LogP contribution in [0.5, 0.6) is 0 Å². The second-order valence-electron chi connectivity index (χ2n) is 6.04. The summed E-state index contributed by atoms with van der Waals surface area (Å²) in [5.74, 6) is 0.665. The third-order valence-electron chi connectivity index (χ3n) is 4.27. The van der Waals surface area contributed by atoms with Gasteiger partial charge in [0.05, 0.1) is 4.47 Å². The Hall–Kier alpha value is -1.46. The fourth-order valence-electron chi connectivity index (χ4n) is 3.00. The molecule has 1 fully saturated rings. The molecule has 1 aromatic heterocycles. The Morgan fingerprint density at radius 1 is 0.957 bits per heavy atom. The molecule has 2 heterocycles. The summed E-state index contributed by atoms with van der Waals surface area (Å²) < 4.78 is 0.893. The molecule has 0 spiro atoms. The van der Waals surface area contributed by atoms with Crippen LogP contribution in [0.1, 0.15) is 36.8 Å². The van der Waals surface area contributed by atoms with Crippen molar-refractivity contribution < 1.29 is 0 Å². The van der Waals surface area contributed by atoms with Crippen molar-refractivity contribution in [3.05, 3.63) is 52.3 Å². The molecule has 1 saturated heterocycles. The fraction of sp³-hybridized carbons (Fsp3) is 0.444. The van der Waals surface area contributed by atoms with Gasteiger partial charge in [0.1, 0.15) is 0 Å². The molecule has 122 valence electrons. The van der Waals surface area contributed by atoms with E-state index in [-0.39, 0.29) is 0 Å². The third kappa shape index (κ3) is 5.01. The predicted molar refractivity (Wildman–Crippen MR) is 97.2 cm³/mol. The number of likely N-dealkylation sites (tertiary alicyclic amines) is 1. The number of nitrogens with one attached hydrogen (secondary N) is 1. The molecule has 1 aliphatic rings. The van der Waals surface area contributed by atoms with Crippen molar-refractivity contribution in [1.82, 2.24) is 14.9 Å². The standard InChI is InChI=1S/C18H23BrN4/c19-17-12-21-18(22-13-17)20-11-15-7-3-4-8-16(15)14-23-9-5-1-2-6-10-23/h3-4,7-8,12-13H,1-2,5-6,9-11,14H2,(H,20,21,22). The van der Waals surface area contributed by atoms with E-state index in [0.717, 1.165) is 17.6 Å². The Kier molecular flexibility index (Phi) is 6.00. The number of rotatable bonds is 5. The molecule has 0 aliphatic carbocycles. The molecule has 0 unspecified atom stereocenters. The van der Waals surface area contributed by atoms with Gasteiger partial charge in [-0.15, -0.1) is 0 Å². The summed E-state index contributed by atoms with van der Waals surface area (Å²) in [5, 5.41) is 3.32. The second kappa shape index (κ2) is 8.41. The summed E-state index contributed by atoms with van der Waals surface area (Å²) in [5.41, 5.74) is 2.72. The highest BCUT2D eigenvalue weighted by atomic mass is 79.9. The normalized spacial score (nSPS) is 16.0. The monoisotopic (exact) mass is 374 g/mol. The van der Waals surface area contributed by atoms with Gasteiger partial charge in [-0.25, -0.2) is 9.97 Å². The number of anilines is 1. The van der Waals surface area contributed by atoms with Crippen LogP contribution in [0.4, 0.5) is 5.95 Å². The fourth-order valence-corrected chi connectivity index (χ4v) is 3.20. The molecule has 23 heavy (non-hydrogen) atoms. The molecule has 1 aliphatic heterocycles. The molecule has 0 radical (unpaired) electrons. The second-order valence-corrected chi connectivity index (χ2v) is 6.95. The molecule has 0 atom stereocenters. The highest BCUT2D eigenvalue weighted by molar-refractivity contribution is 9.10. The van der Waals surface area contributed by atoms with Crippen LogP contribution in [0.3, 0.4) is 0 Å². The lowest BCUT2D eigenvalue weighted by Crippen LogP contribution is -2.24. The molecule has 1 aromatic carbocycles. The zero-order valence-corrected chi connectivity index (χ0v) is 14.9. The van der Waals surface area contributed by atoms with E-state index in [1.807, 2.05) is 0 Å². The quantitative estimate of drug-likeness (QED) is 0.849. The Bertz CT molecular complexity index is 607. The first kappa shape index (κ1) is 16.4. The van der Waals surface area contributed by atoms with Crippen molar-refractivity contribution in [3.8, 4) is 0 Å². The lowest BCUT2D eigenvalue weighted by molar-refractivity contribution is 0.276. The Labute approximate surface area is 146 Å². The summed E-state index contributed by atoms with van der Waals surface area (Å²) >= 11 is 3.36. The van der Waals surface area contributed by atoms with E-state index < -0.39 is 0 Å². The Morgan fingerprint density at radius 3 is 2.30 bits per heavy atom. The highest BCUT2D eigenvalue weighted by Gasteiger charge is 2.11. The van der Waals surface area contributed by atoms with Crippen LogP contribution in [-0.4, -0.2) is 28.0 Å². The lowest BCUT2D eigenvalue weighted by Gasteiger charge is -2.21. The number of hydrogen-bond acceptors (Lipinski definition) is 4. The summed E-state index contributed by atoms with van der Waals surface area (Å²) in [6.07, 6.45) is 8.93. The van der Waals surface area contributed by atoms with Crippen molar-refractivity contribution >= 4 is 21.9 Å². The van der Waals surface area contributed by atoms with Crippen molar-refractivity contribution in [1.29, 1.82) is 0 Å². The summed E-state index contributed by atoms with van der Waals surface area (Å²) in [6, 6.07) is 8.67. The number of hydrogen-bond donors (Lipinski definition) is 1. The van der Waals surface area contributed by atoms with Crippen LogP contribution in [0.15, 0.2) is 41.1 Å². The van der Waals surface area contributed by atoms with Crippen LogP contribution in [0.25, 0.3) is 0 Å². The van der Waals surface area contributed by atoms with Gasteiger partial charge in [0, 0.05) is 25.5 Å². The predicted octanol–water partition coefficient (Wildman–Crippen LogP) is 4.23. The minimum absolute atomic E-state index is 0.665. The molecule has 0 amide bonds. The van der Waals surface area contributed by atoms with E-state index in [2.05, 4.69) is 60.4 Å².